The summed E-state index contributed by atoms with van der Waals surface area (Å²) in [5.41, 5.74) is 0.265. The molecule has 2 heterocycles. The fourth-order valence-corrected chi connectivity index (χ4v) is 5.30. The van der Waals surface area contributed by atoms with Crippen molar-refractivity contribution >= 4 is 13.2 Å². The number of hydrogen-bond donors (Lipinski definition) is 0. The molecule has 0 spiro atoms. The zero-order valence-corrected chi connectivity index (χ0v) is 8.63. The first-order valence-corrected chi connectivity index (χ1v) is 6.39. The predicted octanol–water partition coefficient (Wildman–Crippen LogP) is 2.31. The Bertz CT molecular complexity index is 324. The van der Waals surface area contributed by atoms with Crippen LogP contribution >= 0.6 is 7.92 Å². The Morgan fingerprint density at radius 3 is 2.69 bits per heavy atom. The molecule has 2 saturated heterocycles. The largest absolute Gasteiger partial charge is 0.361 e. The van der Waals surface area contributed by atoms with Gasteiger partial charge < -0.3 is 4.74 Å². The molecule has 0 amide bonds. The van der Waals surface area contributed by atoms with E-state index >= 15 is 0 Å². The van der Waals surface area contributed by atoms with Gasteiger partial charge in [0.05, 0.1) is 5.60 Å². The second-order valence-corrected chi connectivity index (χ2v) is 6.43. The summed E-state index contributed by atoms with van der Waals surface area (Å²) in [5.74, 6) is 0.574. The van der Waals surface area contributed by atoms with E-state index in [1.807, 2.05) is 0 Å². The Balaban J connectivity index is 1.89. The predicted molar refractivity (Wildman–Crippen MR) is 55.8 cm³/mol. The number of hydrogen-bond acceptors (Lipinski definition) is 1. The first-order valence-electron chi connectivity index (χ1n) is 4.79. The van der Waals surface area contributed by atoms with Gasteiger partial charge in [-0.05, 0) is 32.7 Å². The Hall–Kier alpha value is -0.390. The van der Waals surface area contributed by atoms with Crippen molar-refractivity contribution < 1.29 is 4.74 Å². The molecule has 0 bridgehead atoms. The van der Waals surface area contributed by atoms with Crippen molar-refractivity contribution in [3.8, 4) is 0 Å². The average Bonchev–Trinajstić information content (AvgIpc) is 2.71. The van der Waals surface area contributed by atoms with Gasteiger partial charge in [0.15, 0.2) is 0 Å². The summed E-state index contributed by atoms with van der Waals surface area (Å²) in [7, 11) is 0.00180. The van der Waals surface area contributed by atoms with Crippen LogP contribution < -0.4 is 5.30 Å². The Kier molecular flexibility index (Phi) is 1.57. The van der Waals surface area contributed by atoms with Gasteiger partial charge in [-0.1, -0.05) is 30.3 Å². The van der Waals surface area contributed by atoms with Crippen LogP contribution in [0.3, 0.4) is 0 Å². The van der Waals surface area contributed by atoms with E-state index in [-0.39, 0.29) is 13.5 Å². The van der Waals surface area contributed by atoms with Gasteiger partial charge in [0.25, 0.3) is 0 Å². The van der Waals surface area contributed by atoms with Crippen LogP contribution in [-0.2, 0) is 4.74 Å². The molecule has 3 atom stereocenters. The lowest BCUT2D eigenvalue weighted by Crippen LogP contribution is -2.03. The molecule has 68 valence electrons. The van der Waals surface area contributed by atoms with Gasteiger partial charge in [-0.15, -0.1) is 0 Å². The van der Waals surface area contributed by atoms with Crippen LogP contribution in [0.4, 0.5) is 0 Å². The second-order valence-electron chi connectivity index (χ2n) is 4.06. The van der Waals surface area contributed by atoms with Crippen molar-refractivity contribution in [1.29, 1.82) is 0 Å². The summed E-state index contributed by atoms with van der Waals surface area (Å²) in [5, 5.41) is 1.52. The molecule has 3 rings (SSSR count). The van der Waals surface area contributed by atoms with Crippen LogP contribution in [0.1, 0.15) is 13.3 Å². The van der Waals surface area contributed by atoms with E-state index in [0.29, 0.717) is 5.85 Å². The molecule has 2 aliphatic heterocycles. The lowest BCUT2D eigenvalue weighted by atomic mass is 10.1. The highest BCUT2D eigenvalue weighted by Gasteiger charge is 2.60. The highest BCUT2D eigenvalue weighted by Crippen LogP contribution is 2.65. The van der Waals surface area contributed by atoms with Gasteiger partial charge in [0.2, 0.25) is 0 Å². The Labute approximate surface area is 79.9 Å². The van der Waals surface area contributed by atoms with E-state index in [1.165, 1.54) is 17.9 Å². The van der Waals surface area contributed by atoms with Crippen molar-refractivity contribution in [3.63, 3.8) is 0 Å². The minimum Gasteiger partial charge on any atom is -0.361 e. The quantitative estimate of drug-likeness (QED) is 0.491. The van der Waals surface area contributed by atoms with Gasteiger partial charge in [0, 0.05) is 0 Å². The minimum atomic E-state index is 0.00180. The molecule has 2 heteroatoms. The topological polar surface area (TPSA) is 12.5 Å². The molecular weight excluding hydrogens is 179 g/mol. The van der Waals surface area contributed by atoms with Gasteiger partial charge in [-0.2, -0.15) is 0 Å². The molecular formula is C11H13OP. The fraction of sp³-hybridized carbons (Fsp3) is 0.455. The minimum absolute atomic E-state index is 0.00180. The average molecular weight is 192 g/mol. The third-order valence-corrected chi connectivity index (χ3v) is 5.95. The Morgan fingerprint density at radius 1 is 1.38 bits per heavy atom. The van der Waals surface area contributed by atoms with Crippen molar-refractivity contribution in [3.05, 3.63) is 30.3 Å². The van der Waals surface area contributed by atoms with E-state index < -0.39 is 0 Å². The highest BCUT2D eigenvalue weighted by molar-refractivity contribution is 7.66. The van der Waals surface area contributed by atoms with E-state index in [4.69, 9.17) is 4.74 Å². The molecule has 0 aliphatic carbocycles. The summed E-state index contributed by atoms with van der Waals surface area (Å²) in [6.07, 6.45) is 2.62. The maximum atomic E-state index is 5.74. The zero-order valence-electron chi connectivity index (χ0n) is 7.73. The maximum Gasteiger partial charge on any atom is 0.110 e. The molecule has 1 nitrogen and oxygen atoms in total. The van der Waals surface area contributed by atoms with Crippen molar-refractivity contribution in [2.75, 3.05) is 6.16 Å². The summed E-state index contributed by atoms with van der Waals surface area (Å²) < 4.78 is 5.74. The summed E-state index contributed by atoms with van der Waals surface area (Å²) in [6.45, 7) is 2.25. The lowest BCUT2D eigenvalue weighted by Gasteiger charge is -2.10. The molecule has 2 fully saturated rings. The SMILES string of the molecule is CC12CCP(c3ccccc3)C1O2. The number of epoxide rings is 1. The van der Waals surface area contributed by atoms with Crippen molar-refractivity contribution in [2.24, 2.45) is 0 Å². The van der Waals surface area contributed by atoms with Crippen molar-refractivity contribution in [1.82, 2.24) is 0 Å². The van der Waals surface area contributed by atoms with E-state index in [1.54, 1.807) is 0 Å². The van der Waals surface area contributed by atoms with Crippen LogP contribution in [0.5, 0.6) is 0 Å². The summed E-state index contributed by atoms with van der Waals surface area (Å²) in [4.78, 5) is 0. The molecule has 1 aromatic rings. The lowest BCUT2D eigenvalue weighted by molar-refractivity contribution is 0.309. The third kappa shape index (κ3) is 1.14. The summed E-state index contributed by atoms with van der Waals surface area (Å²) in [6, 6.07) is 10.9. The smallest absolute Gasteiger partial charge is 0.110 e. The second kappa shape index (κ2) is 2.56. The molecule has 3 unspecified atom stereocenters. The normalized spacial score (nSPS) is 41.6. The molecule has 13 heavy (non-hydrogen) atoms. The van der Waals surface area contributed by atoms with E-state index in [0.717, 1.165) is 0 Å². The highest BCUT2D eigenvalue weighted by atomic mass is 31.1. The van der Waals surface area contributed by atoms with Gasteiger partial charge in [0.1, 0.15) is 5.85 Å². The zero-order chi connectivity index (χ0) is 8.89. The van der Waals surface area contributed by atoms with Crippen LogP contribution in [-0.4, -0.2) is 17.6 Å². The molecule has 0 saturated carbocycles. The van der Waals surface area contributed by atoms with Gasteiger partial charge in [-0.3, -0.25) is 0 Å². The van der Waals surface area contributed by atoms with Gasteiger partial charge >= 0.3 is 0 Å². The fourth-order valence-electron chi connectivity index (χ4n) is 2.14. The molecule has 2 aliphatic rings. The number of rotatable bonds is 1. The van der Waals surface area contributed by atoms with Gasteiger partial charge in [-0.25, -0.2) is 0 Å². The molecule has 0 radical (unpaired) electrons. The van der Waals surface area contributed by atoms with E-state index in [2.05, 4.69) is 37.3 Å². The molecule has 0 aromatic heterocycles. The van der Waals surface area contributed by atoms with Crippen LogP contribution in [0.15, 0.2) is 30.3 Å². The summed E-state index contributed by atoms with van der Waals surface area (Å²) >= 11 is 0. The number of ether oxygens (including phenoxy) is 1. The first kappa shape index (κ1) is 7.96. The number of fused-ring (bicyclic) bond motifs is 1. The molecule has 1 aromatic carbocycles. The third-order valence-electron chi connectivity index (χ3n) is 3.07. The standard InChI is InChI=1S/C11H13OP/c1-11-7-8-13(10(11)12-11)9-5-3-2-4-6-9/h2-6,10H,7-8H2,1H3. The Morgan fingerprint density at radius 2 is 2.15 bits per heavy atom. The van der Waals surface area contributed by atoms with Crippen molar-refractivity contribution in [2.45, 2.75) is 24.8 Å². The van der Waals surface area contributed by atoms with E-state index in [9.17, 15) is 0 Å². The molecule has 0 N–H and O–H groups in total. The van der Waals surface area contributed by atoms with Crippen LogP contribution in [0.25, 0.3) is 0 Å². The number of benzene rings is 1. The van der Waals surface area contributed by atoms with Crippen LogP contribution in [0, 0.1) is 0 Å². The van der Waals surface area contributed by atoms with Crippen LogP contribution in [0.2, 0.25) is 0 Å². The first-order chi connectivity index (χ1) is 6.30. The monoisotopic (exact) mass is 192 g/mol. The maximum absolute atomic E-state index is 5.74.